The van der Waals surface area contributed by atoms with Crippen molar-refractivity contribution in [2.75, 3.05) is 0 Å². The molecule has 2 aromatic rings. The predicted molar refractivity (Wildman–Crippen MR) is 65.6 cm³/mol. The highest BCUT2D eigenvalue weighted by atomic mass is 32.3. The number of sulfonamides is 2. The zero-order valence-electron chi connectivity index (χ0n) is 9.31. The minimum atomic E-state index is -4.43. The number of rotatable bonds is 0. The molecule has 3 rings (SSSR count). The first-order valence-corrected chi connectivity index (χ1v) is 7.76. The highest BCUT2D eigenvalue weighted by Crippen LogP contribution is 2.37. The van der Waals surface area contributed by atoms with Crippen molar-refractivity contribution >= 4 is 30.8 Å². The van der Waals surface area contributed by atoms with Gasteiger partial charge in [0.2, 0.25) is 0 Å². The third-order valence-corrected chi connectivity index (χ3v) is 6.59. The topological polar surface area (TPSA) is 123 Å². The normalized spacial score (nSPS) is 19.8. The first kappa shape index (κ1) is 13.9. The Morgan fingerprint density at radius 3 is 1.68 bits per heavy atom. The molecule has 0 bridgehead atoms. The highest BCUT2D eigenvalue weighted by Gasteiger charge is 2.42. The van der Waals surface area contributed by atoms with Crippen molar-refractivity contribution in [2.45, 2.75) is 9.79 Å². The molecule has 0 fully saturated rings. The summed E-state index contributed by atoms with van der Waals surface area (Å²) in [5, 5.41) is 10.0. The maximum absolute atomic E-state index is 11.9. The van der Waals surface area contributed by atoms with Crippen molar-refractivity contribution in [3.8, 4) is 0 Å². The van der Waals surface area contributed by atoms with Gasteiger partial charge in [-0.05, 0) is 17.5 Å². The third-order valence-electron chi connectivity index (χ3n) is 2.80. The Kier molecular flexibility index (Phi) is 2.92. The minimum absolute atomic E-state index is 0. The lowest BCUT2D eigenvalue weighted by Crippen LogP contribution is -2.37. The van der Waals surface area contributed by atoms with E-state index < -0.39 is 23.9 Å². The molecule has 0 saturated heterocycles. The lowest BCUT2D eigenvalue weighted by molar-refractivity contribution is 0.0938. The molecule has 7 nitrogen and oxygen atoms in total. The van der Waals surface area contributed by atoms with Crippen molar-refractivity contribution in [2.24, 2.45) is 0 Å². The molecule has 0 unspecified atom stereocenters. The Balaban J connectivity index is 0.00000133. The summed E-state index contributed by atoms with van der Waals surface area (Å²) in [5.74, 6) is 0. The van der Waals surface area contributed by atoms with E-state index in [-0.39, 0.29) is 20.7 Å². The van der Waals surface area contributed by atoms with E-state index in [2.05, 4.69) is 0 Å². The maximum atomic E-state index is 11.9. The van der Waals surface area contributed by atoms with Crippen LogP contribution in [-0.4, -0.2) is 31.4 Å². The first-order chi connectivity index (χ1) is 8.37. The molecule has 3 N–H and O–H groups in total. The van der Waals surface area contributed by atoms with Gasteiger partial charge < -0.3 is 5.48 Å². The molecule has 0 amide bonds. The van der Waals surface area contributed by atoms with E-state index in [1.807, 2.05) is 0 Å². The summed E-state index contributed by atoms with van der Waals surface area (Å²) in [6.45, 7) is 0. The van der Waals surface area contributed by atoms with E-state index in [1.54, 1.807) is 12.1 Å². The average Bonchev–Trinajstić information content (AvgIpc) is 2.34. The molecule has 0 radical (unpaired) electrons. The summed E-state index contributed by atoms with van der Waals surface area (Å²) in [6.07, 6.45) is 0. The first-order valence-electron chi connectivity index (χ1n) is 4.88. The molecular formula is C10H9NO6S2. The van der Waals surface area contributed by atoms with Crippen LogP contribution in [0, 0.1) is 0 Å². The summed E-state index contributed by atoms with van der Waals surface area (Å²) in [5.41, 5.74) is 0. The van der Waals surface area contributed by atoms with E-state index in [4.69, 9.17) is 0 Å². The van der Waals surface area contributed by atoms with Crippen molar-refractivity contribution in [3.63, 3.8) is 0 Å². The zero-order valence-corrected chi connectivity index (χ0v) is 10.9. The molecule has 0 aromatic heterocycles. The Bertz CT molecular complexity index is 803. The van der Waals surface area contributed by atoms with Crippen LogP contribution in [-0.2, 0) is 20.0 Å². The monoisotopic (exact) mass is 303 g/mol. The fourth-order valence-electron chi connectivity index (χ4n) is 2.00. The Labute approximate surface area is 109 Å². The molecule has 0 aliphatic carbocycles. The summed E-state index contributed by atoms with van der Waals surface area (Å²) in [7, 11) is -8.87. The van der Waals surface area contributed by atoms with E-state index >= 15 is 0 Å². The van der Waals surface area contributed by atoms with Crippen molar-refractivity contribution in [3.05, 3.63) is 36.4 Å². The molecule has 102 valence electrons. The summed E-state index contributed by atoms with van der Waals surface area (Å²) in [6, 6.07) is 8.73. The fourth-order valence-corrected chi connectivity index (χ4v) is 5.39. The van der Waals surface area contributed by atoms with Gasteiger partial charge in [0, 0.05) is 9.26 Å². The summed E-state index contributed by atoms with van der Waals surface area (Å²) >= 11 is 0. The molecular weight excluding hydrogens is 294 g/mol. The molecule has 1 aliphatic rings. The Hall–Kier alpha value is -1.52. The van der Waals surface area contributed by atoms with E-state index in [0.29, 0.717) is 5.39 Å². The second kappa shape index (κ2) is 3.99. The van der Waals surface area contributed by atoms with Gasteiger partial charge in [0.1, 0.15) is 0 Å². The molecule has 1 aliphatic heterocycles. The van der Waals surface area contributed by atoms with Crippen LogP contribution in [0.1, 0.15) is 0 Å². The fraction of sp³-hybridized carbons (Fsp3) is 0. The van der Waals surface area contributed by atoms with Gasteiger partial charge in [-0.2, -0.15) is 0 Å². The van der Waals surface area contributed by atoms with Gasteiger partial charge in [-0.25, -0.2) is 16.8 Å². The van der Waals surface area contributed by atoms with Gasteiger partial charge in [-0.1, -0.05) is 24.3 Å². The average molecular weight is 303 g/mol. The third kappa shape index (κ3) is 1.60. The molecule has 0 spiro atoms. The minimum Gasteiger partial charge on any atom is -0.412 e. The lowest BCUT2D eigenvalue weighted by Gasteiger charge is -2.23. The molecule has 1 heterocycles. The Morgan fingerprint density at radius 2 is 1.26 bits per heavy atom. The van der Waals surface area contributed by atoms with Crippen LogP contribution >= 0.6 is 0 Å². The van der Waals surface area contributed by atoms with Crippen LogP contribution in [0.3, 0.4) is 0 Å². The van der Waals surface area contributed by atoms with Crippen molar-refractivity contribution < 1.29 is 27.5 Å². The maximum Gasteiger partial charge on any atom is 0.279 e. The second-order valence-corrected chi connectivity index (χ2v) is 7.50. The van der Waals surface area contributed by atoms with Crippen LogP contribution in [0.15, 0.2) is 46.2 Å². The number of hydrogen-bond donors (Lipinski definition) is 1. The van der Waals surface area contributed by atoms with Crippen LogP contribution < -0.4 is 0 Å². The van der Waals surface area contributed by atoms with Gasteiger partial charge in [-0.15, -0.1) is 0 Å². The summed E-state index contributed by atoms with van der Waals surface area (Å²) in [4.78, 5) is -0.430. The second-order valence-electron chi connectivity index (χ2n) is 3.80. The van der Waals surface area contributed by atoms with Crippen LogP contribution in [0.5, 0.6) is 0 Å². The van der Waals surface area contributed by atoms with E-state index in [9.17, 15) is 22.0 Å². The van der Waals surface area contributed by atoms with Crippen LogP contribution in [0.25, 0.3) is 10.8 Å². The predicted octanol–water partition coefficient (Wildman–Crippen LogP) is 0.0973. The van der Waals surface area contributed by atoms with Crippen molar-refractivity contribution in [1.29, 1.82) is 0 Å². The molecule has 2 aromatic carbocycles. The molecule has 19 heavy (non-hydrogen) atoms. The van der Waals surface area contributed by atoms with Gasteiger partial charge in [0.15, 0.2) is 0 Å². The molecule has 0 saturated carbocycles. The van der Waals surface area contributed by atoms with Crippen molar-refractivity contribution in [1.82, 2.24) is 3.87 Å². The van der Waals surface area contributed by atoms with Gasteiger partial charge >= 0.3 is 0 Å². The highest BCUT2D eigenvalue weighted by molar-refractivity contribution is 8.04. The van der Waals surface area contributed by atoms with Gasteiger partial charge in [0.25, 0.3) is 20.0 Å². The Morgan fingerprint density at radius 1 is 0.842 bits per heavy atom. The largest absolute Gasteiger partial charge is 0.412 e. The standard InChI is InChI=1S/C10H7NO5S2.H2O/c12-11-17(13,14)8-5-1-3-7-4-2-6-9(10(7)8)18(11,15)16;/h1-6,12H;1H2. The number of hydrogen-bond acceptors (Lipinski definition) is 5. The van der Waals surface area contributed by atoms with Gasteiger partial charge in [-0.3, -0.25) is 5.21 Å². The van der Waals surface area contributed by atoms with Gasteiger partial charge in [0.05, 0.1) is 9.79 Å². The van der Waals surface area contributed by atoms with E-state index in [1.165, 1.54) is 24.3 Å². The van der Waals surface area contributed by atoms with Crippen LogP contribution in [0.2, 0.25) is 0 Å². The number of benzene rings is 2. The smallest absolute Gasteiger partial charge is 0.279 e. The SMILES string of the molecule is O.O=S1(=O)c2cccc3cccc(c23)S(=O)(=O)N1O. The zero-order chi connectivity index (χ0) is 13.1. The summed E-state index contributed by atoms with van der Waals surface area (Å²) < 4.78 is 47.0. The quantitative estimate of drug-likeness (QED) is 0.739. The molecule has 0 atom stereocenters. The lowest BCUT2D eigenvalue weighted by atomic mass is 10.1. The van der Waals surface area contributed by atoms with E-state index in [0.717, 1.165) is 0 Å². The molecule has 9 heteroatoms. The number of nitrogens with zero attached hydrogens (tertiary/aromatic N) is 1. The van der Waals surface area contributed by atoms with Crippen LogP contribution in [0.4, 0.5) is 0 Å².